The van der Waals surface area contributed by atoms with Gasteiger partial charge in [-0.05, 0) is 6.92 Å². The summed E-state index contributed by atoms with van der Waals surface area (Å²) >= 11 is 0. The van der Waals surface area contributed by atoms with Crippen LogP contribution < -0.4 is 0 Å². The molecule has 0 rings (SSSR count). The molecular weight excluding hydrogens is 184 g/mol. The van der Waals surface area contributed by atoms with Gasteiger partial charge in [0.05, 0.1) is 0 Å². The Hall–Kier alpha value is -1.18. The van der Waals surface area contributed by atoms with Crippen LogP contribution >= 0.6 is 0 Å². The van der Waals surface area contributed by atoms with Gasteiger partial charge in [0.1, 0.15) is 6.10 Å². The zero-order chi connectivity index (χ0) is 11.0. The Bertz CT molecular complexity index is 162. The third-order valence-corrected chi connectivity index (χ3v) is 0.629. The number of hydrogen-bond acceptors (Lipinski definition) is 6. The fourth-order valence-electron chi connectivity index (χ4n) is 0.148. The summed E-state index contributed by atoms with van der Waals surface area (Å²) in [7, 11) is 0. The Morgan fingerprint density at radius 3 is 1.54 bits per heavy atom. The molecule has 0 aromatic rings. The minimum absolute atomic E-state index is 0.713. The van der Waals surface area contributed by atoms with Crippen molar-refractivity contribution in [3.63, 3.8) is 0 Å². The monoisotopic (exact) mass is 196 g/mol. The number of ether oxygens (including phenoxy) is 1. The predicted octanol–water partition coefficient (Wildman–Crippen LogP) is -1.73. The molecule has 0 saturated heterocycles. The molecule has 0 heterocycles. The van der Waals surface area contributed by atoms with Crippen LogP contribution in [0.2, 0.25) is 0 Å². The van der Waals surface area contributed by atoms with E-state index in [-0.39, 0.29) is 0 Å². The van der Waals surface area contributed by atoms with Gasteiger partial charge in [-0.15, -0.1) is 0 Å². The molecule has 0 amide bonds. The molecule has 0 fully saturated rings. The number of carboxylic acid groups (broad SMARTS) is 1. The number of carboxylic acids is 1. The lowest BCUT2D eigenvalue weighted by Crippen LogP contribution is -2.13. The molecule has 0 spiro atoms. The molecule has 4 N–H and O–H groups in total. The van der Waals surface area contributed by atoms with Crippen LogP contribution in [0.5, 0.6) is 0 Å². The molecule has 0 aromatic heterocycles. The number of carbonyl (C=O) groups excluding carboxylic acids is 1. The van der Waals surface area contributed by atoms with Crippen molar-refractivity contribution in [2.75, 3.05) is 0 Å². The molecule has 1 atom stereocenters. The van der Waals surface area contributed by atoms with Gasteiger partial charge in [-0.1, -0.05) is 0 Å². The SMILES string of the molecule is CC(=O)OC(O)O.CC(O)C(=O)O. The van der Waals surface area contributed by atoms with Crippen molar-refractivity contribution in [3.8, 4) is 0 Å². The molecule has 0 aliphatic heterocycles. The van der Waals surface area contributed by atoms with Crippen molar-refractivity contribution < 1.29 is 34.8 Å². The predicted molar refractivity (Wildman–Crippen MR) is 39.3 cm³/mol. The van der Waals surface area contributed by atoms with E-state index in [1.807, 2.05) is 0 Å². The smallest absolute Gasteiger partial charge is 0.332 e. The summed E-state index contributed by atoms with van der Waals surface area (Å²) in [6.07, 6.45) is -1.23. The lowest BCUT2D eigenvalue weighted by Gasteiger charge is -1.99. The lowest BCUT2D eigenvalue weighted by atomic mass is 10.4. The highest BCUT2D eigenvalue weighted by atomic mass is 16.7. The van der Waals surface area contributed by atoms with Crippen molar-refractivity contribution in [2.24, 2.45) is 0 Å². The first-order valence-corrected chi connectivity index (χ1v) is 3.21. The highest BCUT2D eigenvalue weighted by Crippen LogP contribution is 1.78. The van der Waals surface area contributed by atoms with Crippen LogP contribution in [0.15, 0.2) is 0 Å². The zero-order valence-electron chi connectivity index (χ0n) is 7.17. The zero-order valence-corrected chi connectivity index (χ0v) is 7.17. The van der Waals surface area contributed by atoms with Crippen LogP contribution in [0.1, 0.15) is 13.8 Å². The molecule has 0 aliphatic rings. The largest absolute Gasteiger partial charge is 0.479 e. The summed E-state index contributed by atoms with van der Waals surface area (Å²) < 4.78 is 3.72. The maximum absolute atomic E-state index is 9.71. The van der Waals surface area contributed by atoms with Gasteiger partial charge in [-0.2, -0.15) is 0 Å². The van der Waals surface area contributed by atoms with Gasteiger partial charge in [0, 0.05) is 6.92 Å². The Labute approximate surface area is 74.2 Å². The van der Waals surface area contributed by atoms with E-state index >= 15 is 0 Å². The van der Waals surface area contributed by atoms with Crippen molar-refractivity contribution in [1.29, 1.82) is 0 Å². The van der Waals surface area contributed by atoms with Gasteiger partial charge in [-0.3, -0.25) is 4.79 Å². The maximum Gasteiger partial charge on any atom is 0.332 e. The fourth-order valence-corrected chi connectivity index (χ4v) is 0.148. The Morgan fingerprint density at radius 2 is 1.54 bits per heavy atom. The van der Waals surface area contributed by atoms with Crippen LogP contribution in [-0.4, -0.2) is 44.9 Å². The van der Waals surface area contributed by atoms with Crippen molar-refractivity contribution in [3.05, 3.63) is 0 Å². The van der Waals surface area contributed by atoms with Crippen LogP contribution in [0.4, 0.5) is 0 Å². The molecule has 0 aromatic carbocycles. The van der Waals surface area contributed by atoms with Gasteiger partial charge in [0.2, 0.25) is 0 Å². The highest BCUT2D eigenvalue weighted by molar-refractivity contribution is 5.71. The van der Waals surface area contributed by atoms with Gasteiger partial charge in [0.15, 0.2) is 0 Å². The Morgan fingerprint density at radius 1 is 1.23 bits per heavy atom. The van der Waals surface area contributed by atoms with Gasteiger partial charge in [0.25, 0.3) is 0 Å². The van der Waals surface area contributed by atoms with E-state index in [1.54, 1.807) is 0 Å². The van der Waals surface area contributed by atoms with E-state index in [4.69, 9.17) is 20.4 Å². The summed E-state index contributed by atoms with van der Waals surface area (Å²) in [5, 5.41) is 31.4. The molecule has 78 valence electrons. The van der Waals surface area contributed by atoms with Crippen LogP contribution in [-0.2, 0) is 14.3 Å². The van der Waals surface area contributed by atoms with Gasteiger partial charge >= 0.3 is 18.4 Å². The molecule has 0 saturated carbocycles. The number of esters is 1. The van der Waals surface area contributed by atoms with Crippen molar-refractivity contribution in [1.82, 2.24) is 0 Å². The Kier molecular flexibility index (Phi) is 8.24. The maximum atomic E-state index is 9.71. The first-order valence-electron chi connectivity index (χ1n) is 3.21. The summed E-state index contributed by atoms with van der Waals surface area (Å²) in [5.41, 5.74) is 0. The standard InChI is InChI=1S/C3H6O4.C3H6O3/c1-2(4)7-3(5)6;1-2(4)3(5)6/h3,5-6H,1H3;2,4H,1H3,(H,5,6). The minimum atomic E-state index is -1.97. The first kappa shape index (κ1) is 14.3. The third kappa shape index (κ3) is 18.1. The van der Waals surface area contributed by atoms with Crippen molar-refractivity contribution in [2.45, 2.75) is 26.4 Å². The second kappa shape index (κ2) is 7.47. The van der Waals surface area contributed by atoms with E-state index < -0.39 is 24.5 Å². The van der Waals surface area contributed by atoms with E-state index in [0.29, 0.717) is 0 Å². The van der Waals surface area contributed by atoms with E-state index in [1.165, 1.54) is 6.92 Å². The Balaban J connectivity index is 0. The number of carbonyl (C=O) groups is 2. The lowest BCUT2D eigenvalue weighted by molar-refractivity contribution is -0.227. The second-order valence-electron chi connectivity index (χ2n) is 1.95. The van der Waals surface area contributed by atoms with Crippen LogP contribution in [0, 0.1) is 0 Å². The van der Waals surface area contributed by atoms with E-state index in [9.17, 15) is 9.59 Å². The molecular formula is C6H12O7. The molecule has 7 nitrogen and oxygen atoms in total. The summed E-state index contributed by atoms with van der Waals surface area (Å²) in [6.45, 7) is 0.305. The average molecular weight is 196 g/mol. The number of aliphatic hydroxyl groups excluding tert-OH is 2. The summed E-state index contributed by atoms with van der Waals surface area (Å²) in [5.74, 6) is -1.90. The summed E-state index contributed by atoms with van der Waals surface area (Å²) in [6, 6.07) is 0. The van der Waals surface area contributed by atoms with Gasteiger partial charge < -0.3 is 25.2 Å². The number of aliphatic hydroxyl groups is 3. The quantitative estimate of drug-likeness (QED) is 0.305. The molecule has 1 unspecified atom stereocenters. The fraction of sp³-hybridized carbons (Fsp3) is 0.667. The highest BCUT2D eigenvalue weighted by Gasteiger charge is 2.01. The van der Waals surface area contributed by atoms with E-state index in [0.717, 1.165) is 6.92 Å². The molecule has 0 aliphatic carbocycles. The molecule has 0 bridgehead atoms. The normalized spacial score (nSPS) is 11.2. The molecule has 7 heteroatoms. The number of hydrogen-bond donors (Lipinski definition) is 4. The van der Waals surface area contributed by atoms with E-state index in [2.05, 4.69) is 4.74 Å². The minimum Gasteiger partial charge on any atom is -0.479 e. The first-order chi connectivity index (χ1) is 5.77. The van der Waals surface area contributed by atoms with Gasteiger partial charge in [-0.25, -0.2) is 4.79 Å². The number of rotatable bonds is 2. The average Bonchev–Trinajstić information content (AvgIpc) is 1.84. The number of aliphatic carboxylic acids is 1. The van der Waals surface area contributed by atoms with Crippen LogP contribution in [0.25, 0.3) is 0 Å². The van der Waals surface area contributed by atoms with Crippen LogP contribution in [0.3, 0.4) is 0 Å². The second-order valence-corrected chi connectivity index (χ2v) is 1.95. The molecule has 0 radical (unpaired) electrons. The summed E-state index contributed by atoms with van der Waals surface area (Å²) in [4.78, 5) is 19.2. The molecule has 13 heavy (non-hydrogen) atoms. The topological polar surface area (TPSA) is 124 Å². The van der Waals surface area contributed by atoms with Crippen molar-refractivity contribution >= 4 is 11.9 Å². The third-order valence-electron chi connectivity index (χ3n) is 0.629.